The van der Waals surface area contributed by atoms with Crippen molar-refractivity contribution < 1.29 is 9.13 Å². The molecule has 2 aromatic carbocycles. The maximum atomic E-state index is 14.0. The lowest BCUT2D eigenvalue weighted by Gasteiger charge is -2.13. The summed E-state index contributed by atoms with van der Waals surface area (Å²) in [5.74, 6) is 1.08. The number of hydrogen-bond donors (Lipinski definition) is 1. The van der Waals surface area contributed by atoms with Gasteiger partial charge in [-0.1, -0.05) is 19.1 Å². The van der Waals surface area contributed by atoms with Crippen LogP contribution in [-0.4, -0.2) is 6.54 Å². The molecule has 0 saturated heterocycles. The summed E-state index contributed by atoms with van der Waals surface area (Å²) in [5.41, 5.74) is 2.84. The quantitative estimate of drug-likeness (QED) is 0.775. The van der Waals surface area contributed by atoms with Gasteiger partial charge >= 0.3 is 0 Å². The van der Waals surface area contributed by atoms with Crippen LogP contribution in [0.1, 0.15) is 30.0 Å². The van der Waals surface area contributed by atoms with E-state index < -0.39 is 0 Å². The molecule has 0 unspecified atom stereocenters. The van der Waals surface area contributed by atoms with Gasteiger partial charge in [0.05, 0.1) is 0 Å². The number of hydrogen-bond acceptors (Lipinski definition) is 2. The van der Waals surface area contributed by atoms with Crippen LogP contribution in [0, 0.1) is 19.7 Å². The van der Waals surface area contributed by atoms with Crippen LogP contribution in [0.4, 0.5) is 4.39 Å². The van der Waals surface area contributed by atoms with Gasteiger partial charge in [0.2, 0.25) is 0 Å². The van der Waals surface area contributed by atoms with E-state index in [1.165, 1.54) is 6.07 Å². The zero-order valence-electron chi connectivity index (χ0n) is 12.9. The van der Waals surface area contributed by atoms with E-state index in [9.17, 15) is 4.39 Å². The fourth-order valence-corrected chi connectivity index (χ4v) is 2.32. The first kappa shape index (κ1) is 15.5. The van der Waals surface area contributed by atoms with Crippen LogP contribution in [0.25, 0.3) is 0 Å². The number of halogens is 1. The van der Waals surface area contributed by atoms with Crippen molar-refractivity contribution in [1.29, 1.82) is 0 Å². The number of rotatable bonds is 6. The van der Waals surface area contributed by atoms with Crippen LogP contribution in [0.3, 0.4) is 0 Å². The van der Waals surface area contributed by atoms with Crippen LogP contribution >= 0.6 is 0 Å². The molecule has 3 heteroatoms. The van der Waals surface area contributed by atoms with Crippen LogP contribution in [-0.2, 0) is 6.54 Å². The number of aryl methyl sites for hydroxylation is 2. The second kappa shape index (κ2) is 7.23. The van der Waals surface area contributed by atoms with Gasteiger partial charge in [0.1, 0.15) is 17.3 Å². The van der Waals surface area contributed by atoms with Gasteiger partial charge in [0.25, 0.3) is 0 Å². The van der Waals surface area contributed by atoms with Gasteiger partial charge in [-0.3, -0.25) is 0 Å². The fraction of sp³-hybridized carbons (Fsp3) is 0.333. The lowest BCUT2D eigenvalue weighted by molar-refractivity contribution is 0.461. The van der Waals surface area contributed by atoms with Crippen molar-refractivity contribution >= 4 is 0 Å². The summed E-state index contributed by atoms with van der Waals surface area (Å²) in [4.78, 5) is 0. The van der Waals surface area contributed by atoms with E-state index in [1.54, 1.807) is 6.07 Å². The Labute approximate surface area is 126 Å². The monoisotopic (exact) mass is 287 g/mol. The molecule has 0 fully saturated rings. The average Bonchev–Trinajstić information content (AvgIpc) is 2.41. The van der Waals surface area contributed by atoms with Crippen molar-refractivity contribution in [2.75, 3.05) is 6.54 Å². The zero-order chi connectivity index (χ0) is 15.2. The van der Waals surface area contributed by atoms with Gasteiger partial charge in [-0.25, -0.2) is 4.39 Å². The number of nitrogens with one attached hydrogen (secondary N) is 1. The third-order valence-corrected chi connectivity index (χ3v) is 3.23. The normalized spacial score (nSPS) is 10.7. The second-order valence-electron chi connectivity index (χ2n) is 5.32. The van der Waals surface area contributed by atoms with Crippen molar-refractivity contribution in [3.63, 3.8) is 0 Å². The Morgan fingerprint density at radius 2 is 1.81 bits per heavy atom. The van der Waals surface area contributed by atoms with Crippen molar-refractivity contribution in [2.45, 2.75) is 33.7 Å². The van der Waals surface area contributed by atoms with Gasteiger partial charge in [0.15, 0.2) is 0 Å². The molecule has 0 spiro atoms. The smallest absolute Gasteiger partial charge is 0.134 e. The highest BCUT2D eigenvalue weighted by Gasteiger charge is 2.10. The third-order valence-electron chi connectivity index (χ3n) is 3.23. The maximum absolute atomic E-state index is 14.0. The van der Waals surface area contributed by atoms with E-state index in [0.29, 0.717) is 17.9 Å². The molecule has 2 aromatic rings. The minimum atomic E-state index is -0.236. The third kappa shape index (κ3) is 4.30. The standard InChI is InChI=1S/C18H22FNO/c1-4-8-20-12-16-17(19)6-5-7-18(16)21-15-10-13(2)9-14(3)11-15/h5-7,9-11,20H,4,8,12H2,1-3H3. The van der Waals surface area contributed by atoms with Gasteiger partial charge in [0, 0.05) is 12.1 Å². The van der Waals surface area contributed by atoms with E-state index in [0.717, 1.165) is 29.8 Å². The summed E-state index contributed by atoms with van der Waals surface area (Å²) in [6.45, 7) is 7.46. The Balaban J connectivity index is 2.24. The highest BCUT2D eigenvalue weighted by atomic mass is 19.1. The molecule has 0 heterocycles. The van der Waals surface area contributed by atoms with E-state index in [-0.39, 0.29) is 5.82 Å². The lowest BCUT2D eigenvalue weighted by atomic mass is 10.1. The molecule has 112 valence electrons. The molecular weight excluding hydrogens is 265 g/mol. The van der Waals surface area contributed by atoms with Gasteiger partial charge in [-0.15, -0.1) is 0 Å². The summed E-state index contributed by atoms with van der Waals surface area (Å²) in [7, 11) is 0. The summed E-state index contributed by atoms with van der Waals surface area (Å²) in [5, 5.41) is 3.22. The Kier molecular flexibility index (Phi) is 5.34. The van der Waals surface area contributed by atoms with Crippen LogP contribution in [0.2, 0.25) is 0 Å². The fourth-order valence-electron chi connectivity index (χ4n) is 2.32. The van der Waals surface area contributed by atoms with E-state index >= 15 is 0 Å². The number of ether oxygens (including phenoxy) is 1. The predicted molar refractivity (Wildman–Crippen MR) is 84.4 cm³/mol. The molecule has 2 nitrogen and oxygen atoms in total. The zero-order valence-corrected chi connectivity index (χ0v) is 12.9. The Hall–Kier alpha value is -1.87. The molecule has 0 aliphatic carbocycles. The minimum Gasteiger partial charge on any atom is -0.457 e. The van der Waals surface area contributed by atoms with Gasteiger partial charge in [-0.2, -0.15) is 0 Å². The van der Waals surface area contributed by atoms with Crippen LogP contribution < -0.4 is 10.1 Å². The highest BCUT2D eigenvalue weighted by Crippen LogP contribution is 2.28. The van der Waals surface area contributed by atoms with Crippen molar-refractivity contribution in [2.24, 2.45) is 0 Å². The molecule has 0 aliphatic rings. The number of benzene rings is 2. The van der Waals surface area contributed by atoms with E-state index in [1.807, 2.05) is 32.0 Å². The van der Waals surface area contributed by atoms with Gasteiger partial charge < -0.3 is 10.1 Å². The molecule has 0 saturated carbocycles. The van der Waals surface area contributed by atoms with Crippen molar-refractivity contribution in [3.05, 3.63) is 58.9 Å². The van der Waals surface area contributed by atoms with Crippen LogP contribution in [0.15, 0.2) is 36.4 Å². The first-order chi connectivity index (χ1) is 10.1. The van der Waals surface area contributed by atoms with E-state index in [2.05, 4.69) is 18.3 Å². The summed E-state index contributed by atoms with van der Waals surface area (Å²) < 4.78 is 19.9. The van der Waals surface area contributed by atoms with Crippen molar-refractivity contribution in [3.8, 4) is 11.5 Å². The van der Waals surface area contributed by atoms with Gasteiger partial charge in [-0.05, 0) is 62.2 Å². The molecule has 0 radical (unpaired) electrons. The molecule has 0 bridgehead atoms. The topological polar surface area (TPSA) is 21.3 Å². The predicted octanol–water partition coefficient (Wildman–Crippen LogP) is 4.73. The summed E-state index contributed by atoms with van der Waals surface area (Å²) >= 11 is 0. The lowest BCUT2D eigenvalue weighted by Crippen LogP contribution is -2.15. The SMILES string of the molecule is CCCNCc1c(F)cccc1Oc1cc(C)cc(C)c1. The van der Waals surface area contributed by atoms with Crippen LogP contribution in [0.5, 0.6) is 11.5 Å². The minimum absolute atomic E-state index is 0.236. The summed E-state index contributed by atoms with van der Waals surface area (Å²) in [6, 6.07) is 11.0. The molecule has 2 rings (SSSR count). The van der Waals surface area contributed by atoms with Crippen molar-refractivity contribution in [1.82, 2.24) is 5.32 Å². The molecule has 0 atom stereocenters. The average molecular weight is 287 g/mol. The second-order valence-corrected chi connectivity index (χ2v) is 5.32. The Morgan fingerprint density at radius 1 is 1.10 bits per heavy atom. The molecule has 0 amide bonds. The molecular formula is C18H22FNO. The first-order valence-corrected chi connectivity index (χ1v) is 7.34. The molecule has 1 N–H and O–H groups in total. The highest BCUT2D eigenvalue weighted by molar-refractivity contribution is 5.41. The summed E-state index contributed by atoms with van der Waals surface area (Å²) in [6.07, 6.45) is 1.02. The largest absolute Gasteiger partial charge is 0.457 e. The molecule has 0 aromatic heterocycles. The Morgan fingerprint density at radius 3 is 2.48 bits per heavy atom. The Bertz CT molecular complexity index is 590. The molecule has 0 aliphatic heterocycles. The molecule has 21 heavy (non-hydrogen) atoms. The van der Waals surface area contributed by atoms with E-state index in [4.69, 9.17) is 4.74 Å². The first-order valence-electron chi connectivity index (χ1n) is 7.34. The maximum Gasteiger partial charge on any atom is 0.134 e.